The number of rotatable bonds is 5. The third-order valence-corrected chi connectivity index (χ3v) is 4.32. The number of hydrogen-bond acceptors (Lipinski definition) is 4. The van der Waals surface area contributed by atoms with Gasteiger partial charge in [0.05, 0.1) is 6.61 Å². The zero-order chi connectivity index (χ0) is 17.8. The Balaban J connectivity index is 1.67. The molecule has 2 aromatic rings. The maximum absolute atomic E-state index is 12.0. The molecule has 1 amide bonds. The summed E-state index contributed by atoms with van der Waals surface area (Å²) in [6, 6.07) is 15.5. The fourth-order valence-corrected chi connectivity index (χ4v) is 3.14. The minimum Gasteiger partial charge on any atom is -0.464 e. The van der Waals surface area contributed by atoms with Gasteiger partial charge in [-0.15, -0.1) is 0 Å². The molecule has 0 spiro atoms. The van der Waals surface area contributed by atoms with Crippen molar-refractivity contribution in [3.8, 4) is 11.1 Å². The highest BCUT2D eigenvalue weighted by Crippen LogP contribution is 2.44. The molecule has 1 aliphatic carbocycles. The maximum atomic E-state index is 12.0. The van der Waals surface area contributed by atoms with E-state index in [0.717, 1.165) is 11.1 Å². The lowest BCUT2D eigenvalue weighted by molar-refractivity contribution is -0.145. The molecule has 1 atom stereocenters. The van der Waals surface area contributed by atoms with E-state index >= 15 is 0 Å². The summed E-state index contributed by atoms with van der Waals surface area (Å²) >= 11 is 0. The Morgan fingerprint density at radius 3 is 2.12 bits per heavy atom. The number of amides is 1. The summed E-state index contributed by atoms with van der Waals surface area (Å²) < 4.78 is 10.2. The standard InChI is InChI=1S/C20H21NO4/c1-3-24-19(22)13(2)21-20(23)25-12-18-16-10-6-4-8-14(16)15-9-5-7-11-17(15)18/h4-11,13,18H,3,12H2,1-2H3,(H,21,23). The molecule has 0 aliphatic heterocycles. The van der Waals surface area contributed by atoms with Crippen LogP contribution >= 0.6 is 0 Å². The first-order valence-electron chi connectivity index (χ1n) is 8.40. The van der Waals surface area contributed by atoms with Crippen LogP contribution < -0.4 is 5.32 Å². The van der Waals surface area contributed by atoms with Gasteiger partial charge in [0.15, 0.2) is 0 Å². The Morgan fingerprint density at radius 2 is 1.56 bits per heavy atom. The van der Waals surface area contributed by atoms with E-state index in [9.17, 15) is 9.59 Å². The molecule has 1 unspecified atom stereocenters. The second-order valence-corrected chi connectivity index (χ2v) is 5.94. The molecule has 0 saturated carbocycles. The molecule has 25 heavy (non-hydrogen) atoms. The molecule has 1 N–H and O–H groups in total. The topological polar surface area (TPSA) is 64.6 Å². The van der Waals surface area contributed by atoms with Gasteiger partial charge in [-0.3, -0.25) is 0 Å². The number of alkyl carbamates (subject to hydrolysis) is 1. The van der Waals surface area contributed by atoms with Gasteiger partial charge < -0.3 is 14.8 Å². The van der Waals surface area contributed by atoms with Gasteiger partial charge in [-0.05, 0) is 36.1 Å². The molecule has 5 heteroatoms. The van der Waals surface area contributed by atoms with Crippen molar-refractivity contribution < 1.29 is 19.1 Å². The highest BCUT2D eigenvalue weighted by atomic mass is 16.6. The number of ether oxygens (including phenoxy) is 2. The molecule has 0 radical (unpaired) electrons. The minimum atomic E-state index is -0.740. The van der Waals surface area contributed by atoms with Crippen LogP contribution in [0, 0.1) is 0 Å². The van der Waals surface area contributed by atoms with E-state index in [2.05, 4.69) is 29.6 Å². The number of carbonyl (C=O) groups excluding carboxylic acids is 2. The maximum Gasteiger partial charge on any atom is 0.407 e. The first-order chi connectivity index (χ1) is 12.1. The van der Waals surface area contributed by atoms with Crippen LogP contribution in [0.15, 0.2) is 48.5 Å². The summed E-state index contributed by atoms with van der Waals surface area (Å²) in [4.78, 5) is 23.6. The van der Waals surface area contributed by atoms with Crippen LogP contribution in [0.1, 0.15) is 30.9 Å². The van der Waals surface area contributed by atoms with Crippen molar-refractivity contribution in [3.63, 3.8) is 0 Å². The Bertz CT molecular complexity index is 741. The van der Waals surface area contributed by atoms with Crippen molar-refractivity contribution in [3.05, 3.63) is 59.7 Å². The molecule has 0 saturated heterocycles. The quantitative estimate of drug-likeness (QED) is 0.847. The summed E-state index contributed by atoms with van der Waals surface area (Å²) in [6.07, 6.45) is -0.623. The van der Waals surface area contributed by atoms with Crippen molar-refractivity contribution in [1.82, 2.24) is 5.32 Å². The van der Waals surface area contributed by atoms with Crippen LogP contribution in [0.4, 0.5) is 4.79 Å². The first kappa shape index (κ1) is 17.0. The second-order valence-electron chi connectivity index (χ2n) is 5.94. The second kappa shape index (κ2) is 7.38. The average Bonchev–Trinajstić information content (AvgIpc) is 2.94. The van der Waals surface area contributed by atoms with E-state index in [-0.39, 0.29) is 19.1 Å². The molecule has 5 nitrogen and oxygen atoms in total. The number of esters is 1. The molecule has 130 valence electrons. The molecular formula is C20H21NO4. The molecular weight excluding hydrogens is 318 g/mol. The van der Waals surface area contributed by atoms with E-state index in [1.54, 1.807) is 13.8 Å². The Labute approximate surface area is 147 Å². The molecule has 3 rings (SSSR count). The number of nitrogens with one attached hydrogen (secondary N) is 1. The van der Waals surface area contributed by atoms with Crippen molar-refractivity contribution in [1.29, 1.82) is 0 Å². The zero-order valence-corrected chi connectivity index (χ0v) is 14.3. The predicted molar refractivity (Wildman–Crippen MR) is 94.3 cm³/mol. The highest BCUT2D eigenvalue weighted by molar-refractivity contribution is 5.81. The van der Waals surface area contributed by atoms with Gasteiger partial charge in [-0.25, -0.2) is 9.59 Å². The van der Waals surface area contributed by atoms with Crippen LogP contribution in [0.5, 0.6) is 0 Å². The van der Waals surface area contributed by atoms with Crippen LogP contribution in [0.2, 0.25) is 0 Å². The van der Waals surface area contributed by atoms with Crippen LogP contribution in [-0.2, 0) is 14.3 Å². The van der Waals surface area contributed by atoms with E-state index in [1.807, 2.05) is 24.3 Å². The predicted octanol–water partition coefficient (Wildman–Crippen LogP) is 3.48. The third-order valence-electron chi connectivity index (χ3n) is 4.32. The zero-order valence-electron chi connectivity index (χ0n) is 14.3. The Morgan fingerprint density at radius 1 is 1.00 bits per heavy atom. The number of benzene rings is 2. The van der Waals surface area contributed by atoms with Crippen molar-refractivity contribution in [2.45, 2.75) is 25.8 Å². The van der Waals surface area contributed by atoms with Gasteiger partial charge in [0, 0.05) is 5.92 Å². The van der Waals surface area contributed by atoms with Gasteiger partial charge >= 0.3 is 12.1 Å². The minimum absolute atomic E-state index is 0.00366. The fraction of sp³-hybridized carbons (Fsp3) is 0.300. The van der Waals surface area contributed by atoms with Gasteiger partial charge in [0.2, 0.25) is 0 Å². The molecule has 2 aromatic carbocycles. The van der Waals surface area contributed by atoms with Gasteiger partial charge in [0.25, 0.3) is 0 Å². The van der Waals surface area contributed by atoms with Crippen molar-refractivity contribution in [2.75, 3.05) is 13.2 Å². The van der Waals surface area contributed by atoms with E-state index < -0.39 is 18.1 Å². The van der Waals surface area contributed by atoms with Gasteiger partial charge in [0.1, 0.15) is 12.6 Å². The number of carbonyl (C=O) groups is 2. The van der Waals surface area contributed by atoms with Crippen LogP contribution in [0.25, 0.3) is 11.1 Å². The molecule has 0 bridgehead atoms. The lowest BCUT2D eigenvalue weighted by Crippen LogP contribution is -2.40. The lowest BCUT2D eigenvalue weighted by atomic mass is 9.98. The molecule has 1 aliphatic rings. The Hall–Kier alpha value is -2.82. The monoisotopic (exact) mass is 339 g/mol. The van der Waals surface area contributed by atoms with E-state index in [0.29, 0.717) is 0 Å². The smallest absolute Gasteiger partial charge is 0.407 e. The number of hydrogen-bond donors (Lipinski definition) is 1. The largest absolute Gasteiger partial charge is 0.464 e. The van der Waals surface area contributed by atoms with Crippen molar-refractivity contribution in [2.24, 2.45) is 0 Å². The normalized spacial score (nSPS) is 13.5. The summed E-state index contributed by atoms with van der Waals surface area (Å²) in [6.45, 7) is 3.78. The highest BCUT2D eigenvalue weighted by Gasteiger charge is 2.29. The summed E-state index contributed by atoms with van der Waals surface area (Å²) in [5.74, 6) is -0.480. The molecule has 0 aromatic heterocycles. The van der Waals surface area contributed by atoms with Gasteiger partial charge in [-0.1, -0.05) is 48.5 Å². The average molecular weight is 339 g/mol. The summed E-state index contributed by atoms with van der Waals surface area (Å²) in [5, 5.41) is 2.50. The molecule has 0 heterocycles. The number of fused-ring (bicyclic) bond motifs is 3. The van der Waals surface area contributed by atoms with E-state index in [1.165, 1.54) is 11.1 Å². The Kier molecular flexibility index (Phi) is 5.03. The van der Waals surface area contributed by atoms with Gasteiger partial charge in [-0.2, -0.15) is 0 Å². The van der Waals surface area contributed by atoms with Crippen LogP contribution in [0.3, 0.4) is 0 Å². The molecule has 0 fully saturated rings. The lowest BCUT2D eigenvalue weighted by Gasteiger charge is -2.16. The summed E-state index contributed by atoms with van der Waals surface area (Å²) in [5.41, 5.74) is 4.64. The van der Waals surface area contributed by atoms with Crippen molar-refractivity contribution >= 4 is 12.1 Å². The summed E-state index contributed by atoms with van der Waals surface area (Å²) in [7, 11) is 0. The van der Waals surface area contributed by atoms with Crippen LogP contribution in [-0.4, -0.2) is 31.3 Å². The SMILES string of the molecule is CCOC(=O)C(C)NC(=O)OCC1c2ccccc2-c2ccccc21. The third kappa shape index (κ3) is 3.50. The fourth-order valence-electron chi connectivity index (χ4n) is 3.14. The first-order valence-corrected chi connectivity index (χ1v) is 8.40. The van der Waals surface area contributed by atoms with E-state index in [4.69, 9.17) is 9.47 Å².